The van der Waals surface area contributed by atoms with Crippen LogP contribution in [0.5, 0.6) is 11.5 Å². The lowest BCUT2D eigenvalue weighted by Crippen LogP contribution is -2.29. The number of Topliss-reactive ketones (excluding diaryl/α,β-unsaturated/α-hetero) is 1. The highest BCUT2D eigenvalue weighted by molar-refractivity contribution is 8.00. The quantitative estimate of drug-likeness (QED) is 0.105. The molecule has 1 amide bonds. The van der Waals surface area contributed by atoms with Crippen LogP contribution < -0.4 is 14.4 Å². The van der Waals surface area contributed by atoms with E-state index in [0.717, 1.165) is 16.2 Å². The number of hydrogen-bond acceptors (Lipinski definition) is 9. The van der Waals surface area contributed by atoms with Gasteiger partial charge < -0.3 is 14.6 Å². The van der Waals surface area contributed by atoms with Crippen LogP contribution in [-0.2, 0) is 15.3 Å². The van der Waals surface area contributed by atoms with Gasteiger partial charge in [0.15, 0.2) is 15.8 Å². The molecule has 1 N–H and O–H groups in total. The molecule has 0 radical (unpaired) electrons. The number of rotatable bonds is 6. The summed E-state index contributed by atoms with van der Waals surface area (Å²) in [5.41, 5.74) is 0.358. The van der Waals surface area contributed by atoms with Gasteiger partial charge in [-0.25, -0.2) is 8.78 Å². The number of benzene rings is 3. The summed E-state index contributed by atoms with van der Waals surface area (Å²) in [7, 11) is 0. The molecule has 0 saturated carbocycles. The van der Waals surface area contributed by atoms with E-state index in [4.69, 9.17) is 9.47 Å². The third-order valence-electron chi connectivity index (χ3n) is 6.37. The summed E-state index contributed by atoms with van der Waals surface area (Å²) in [5.74, 6) is -2.41. The van der Waals surface area contributed by atoms with Crippen molar-refractivity contribution < 1.29 is 33.0 Å². The second-order valence-corrected chi connectivity index (χ2v) is 11.0. The van der Waals surface area contributed by atoms with Gasteiger partial charge in [0.25, 0.3) is 5.78 Å². The minimum Gasteiger partial charge on any atom is -0.507 e. The number of hydrogen-bond donors (Lipinski definition) is 1. The number of nitrogens with zero attached hydrogens (tertiary/aromatic N) is 3. The van der Waals surface area contributed by atoms with Crippen LogP contribution in [0.4, 0.5) is 13.9 Å². The van der Waals surface area contributed by atoms with E-state index in [9.17, 15) is 19.1 Å². The van der Waals surface area contributed by atoms with Crippen LogP contribution in [0.2, 0.25) is 0 Å². The molecule has 1 atom stereocenters. The molecule has 6 rings (SSSR count). The molecule has 12 heteroatoms. The summed E-state index contributed by atoms with van der Waals surface area (Å²) in [6, 6.07) is 15.3. The van der Waals surface area contributed by atoms with E-state index in [1.54, 1.807) is 30.3 Å². The van der Waals surface area contributed by atoms with Crippen molar-refractivity contribution in [1.82, 2.24) is 10.2 Å². The van der Waals surface area contributed by atoms with Crippen molar-refractivity contribution in [3.05, 3.63) is 101 Å². The first-order chi connectivity index (χ1) is 19.4. The molecule has 202 valence electrons. The molecule has 1 aromatic heterocycles. The molecule has 0 spiro atoms. The Morgan fingerprint density at radius 2 is 1.70 bits per heavy atom. The molecule has 1 fully saturated rings. The Kier molecular flexibility index (Phi) is 6.95. The molecule has 0 aliphatic carbocycles. The number of thioether (sulfide) groups is 1. The fourth-order valence-electron chi connectivity index (χ4n) is 4.48. The van der Waals surface area contributed by atoms with E-state index in [2.05, 4.69) is 10.2 Å². The van der Waals surface area contributed by atoms with E-state index < -0.39 is 29.3 Å². The van der Waals surface area contributed by atoms with Crippen LogP contribution in [0.25, 0.3) is 5.76 Å². The third-order valence-corrected chi connectivity index (χ3v) is 8.48. The van der Waals surface area contributed by atoms with Gasteiger partial charge in [0, 0.05) is 16.9 Å². The van der Waals surface area contributed by atoms with Gasteiger partial charge in [-0.15, -0.1) is 10.2 Å². The SMILES string of the molecule is O=C1C(=O)N(c2nnc(SCc3ccccc3F)s2)[C@@H](c2ccccc2F)C1=C(O)c1ccc2c(c1)OCCO2. The topological polar surface area (TPSA) is 102 Å². The number of fused-ring (bicyclic) bond motifs is 1. The second-order valence-electron chi connectivity index (χ2n) is 8.78. The highest BCUT2D eigenvalue weighted by atomic mass is 32.2. The predicted octanol–water partition coefficient (Wildman–Crippen LogP) is 5.51. The maximum Gasteiger partial charge on any atom is 0.301 e. The Morgan fingerprint density at radius 1 is 0.975 bits per heavy atom. The maximum atomic E-state index is 15.1. The van der Waals surface area contributed by atoms with Gasteiger partial charge in [0.1, 0.15) is 36.6 Å². The van der Waals surface area contributed by atoms with Gasteiger partial charge in [-0.2, -0.15) is 0 Å². The Hall–Kier alpha value is -4.29. The van der Waals surface area contributed by atoms with Crippen molar-refractivity contribution in [3.8, 4) is 11.5 Å². The molecular formula is C28H19F2N3O5S2. The van der Waals surface area contributed by atoms with Gasteiger partial charge in [-0.05, 0) is 35.9 Å². The van der Waals surface area contributed by atoms with Crippen LogP contribution in [-0.4, -0.2) is 40.2 Å². The second kappa shape index (κ2) is 10.7. The normalized spacial score (nSPS) is 17.9. The number of aromatic nitrogens is 2. The number of carbonyl (C=O) groups excluding carboxylic acids is 2. The van der Waals surface area contributed by atoms with Gasteiger partial charge in [0.05, 0.1) is 5.57 Å². The third kappa shape index (κ3) is 4.69. The Morgan fingerprint density at radius 3 is 2.48 bits per heavy atom. The maximum absolute atomic E-state index is 15.1. The summed E-state index contributed by atoms with van der Waals surface area (Å²) in [5, 5.41) is 19.5. The zero-order valence-electron chi connectivity index (χ0n) is 20.5. The van der Waals surface area contributed by atoms with Crippen molar-refractivity contribution in [2.75, 3.05) is 18.1 Å². The standard InChI is InChI=1S/C28H19F2N3O5S2/c29-18-7-3-1-5-16(18)14-39-28-32-31-27(40-28)33-23(17-6-2-4-8-19(17)30)22(25(35)26(33)36)24(34)15-9-10-20-21(13-15)38-12-11-37-20/h1-10,13,23,34H,11-12,14H2/t23-/m0/s1. The fourth-order valence-corrected chi connectivity index (χ4v) is 6.33. The zero-order valence-corrected chi connectivity index (χ0v) is 22.2. The Balaban J connectivity index is 1.40. The lowest BCUT2D eigenvalue weighted by atomic mass is 9.95. The van der Waals surface area contributed by atoms with E-state index >= 15 is 4.39 Å². The molecule has 3 heterocycles. The van der Waals surface area contributed by atoms with Gasteiger partial charge in [0.2, 0.25) is 5.13 Å². The van der Waals surface area contributed by atoms with E-state index in [0.29, 0.717) is 34.6 Å². The van der Waals surface area contributed by atoms with Crippen molar-refractivity contribution >= 4 is 45.7 Å². The number of ketones is 1. The lowest BCUT2D eigenvalue weighted by Gasteiger charge is -2.23. The molecule has 3 aromatic carbocycles. The van der Waals surface area contributed by atoms with E-state index in [-0.39, 0.29) is 33.4 Å². The first-order valence-electron chi connectivity index (χ1n) is 12.1. The van der Waals surface area contributed by atoms with Crippen molar-refractivity contribution in [2.45, 2.75) is 16.1 Å². The molecule has 2 aliphatic rings. The van der Waals surface area contributed by atoms with E-state index in [1.807, 2.05) is 0 Å². The number of anilines is 1. The van der Waals surface area contributed by atoms with Crippen molar-refractivity contribution in [1.29, 1.82) is 0 Å². The number of carbonyl (C=O) groups is 2. The van der Waals surface area contributed by atoms with Gasteiger partial charge in [-0.1, -0.05) is 59.5 Å². The Bertz CT molecular complexity index is 1680. The monoisotopic (exact) mass is 579 g/mol. The summed E-state index contributed by atoms with van der Waals surface area (Å²) in [6.45, 7) is 0.685. The van der Waals surface area contributed by atoms with Crippen LogP contribution in [0, 0.1) is 11.6 Å². The largest absolute Gasteiger partial charge is 0.507 e. The first kappa shape index (κ1) is 26.0. The zero-order chi connectivity index (χ0) is 27.8. The van der Waals surface area contributed by atoms with Crippen molar-refractivity contribution in [3.63, 3.8) is 0 Å². The number of halogens is 2. The molecule has 1 saturated heterocycles. The lowest BCUT2D eigenvalue weighted by molar-refractivity contribution is -0.132. The van der Waals surface area contributed by atoms with Gasteiger partial charge >= 0.3 is 5.91 Å². The average molecular weight is 580 g/mol. The Labute approximate surface area is 234 Å². The molecule has 2 aliphatic heterocycles. The summed E-state index contributed by atoms with van der Waals surface area (Å²) in [6.07, 6.45) is 0. The number of aliphatic hydroxyl groups excluding tert-OH is 1. The fraction of sp³-hybridized carbons (Fsp3) is 0.143. The molecule has 4 aromatic rings. The van der Waals surface area contributed by atoms with Crippen LogP contribution >= 0.6 is 23.1 Å². The summed E-state index contributed by atoms with van der Waals surface area (Å²) in [4.78, 5) is 27.8. The highest BCUT2D eigenvalue weighted by Gasteiger charge is 2.49. The summed E-state index contributed by atoms with van der Waals surface area (Å²) >= 11 is 2.21. The predicted molar refractivity (Wildman–Crippen MR) is 144 cm³/mol. The number of aliphatic hydroxyl groups is 1. The van der Waals surface area contributed by atoms with Crippen LogP contribution in [0.3, 0.4) is 0 Å². The van der Waals surface area contributed by atoms with Crippen LogP contribution in [0.1, 0.15) is 22.7 Å². The minimum atomic E-state index is -1.31. The molecular weight excluding hydrogens is 560 g/mol. The van der Waals surface area contributed by atoms with Crippen molar-refractivity contribution in [2.24, 2.45) is 0 Å². The average Bonchev–Trinajstić information content (AvgIpc) is 3.54. The number of ether oxygens (including phenoxy) is 2. The molecule has 0 unspecified atom stereocenters. The van der Waals surface area contributed by atoms with E-state index in [1.165, 1.54) is 48.2 Å². The smallest absolute Gasteiger partial charge is 0.301 e. The highest BCUT2D eigenvalue weighted by Crippen LogP contribution is 2.45. The number of amides is 1. The van der Waals surface area contributed by atoms with Gasteiger partial charge in [-0.3, -0.25) is 14.5 Å². The molecule has 40 heavy (non-hydrogen) atoms. The molecule has 0 bridgehead atoms. The minimum absolute atomic E-state index is 0.00319. The first-order valence-corrected chi connectivity index (χ1v) is 13.9. The summed E-state index contributed by atoms with van der Waals surface area (Å²) < 4.78 is 40.7. The molecule has 8 nitrogen and oxygen atoms in total. The van der Waals surface area contributed by atoms with Crippen LogP contribution in [0.15, 0.2) is 76.6 Å².